The molecule has 0 saturated carbocycles. The van der Waals surface area contributed by atoms with Gasteiger partial charge in [-0.05, 0) is 43.2 Å². The maximum Gasteiger partial charge on any atom is 0.261 e. The Labute approximate surface area is 239 Å². The van der Waals surface area contributed by atoms with E-state index in [1.807, 2.05) is 0 Å². The summed E-state index contributed by atoms with van der Waals surface area (Å²) in [7, 11) is 4.62. The summed E-state index contributed by atoms with van der Waals surface area (Å²) >= 11 is 0. The number of anilines is 1. The zero-order valence-electron chi connectivity index (χ0n) is 23.4. The molecule has 0 aliphatic carbocycles. The third-order valence-electron chi connectivity index (χ3n) is 6.83. The summed E-state index contributed by atoms with van der Waals surface area (Å²) in [4.78, 5) is 35.3. The van der Waals surface area contributed by atoms with Crippen LogP contribution in [0, 0.1) is 25.5 Å². The summed E-state index contributed by atoms with van der Waals surface area (Å²) in [6, 6.07) is 11.2. The molecule has 5 rings (SSSR count). The number of rotatable bonds is 7. The molecular weight excluding hydrogens is 546 g/mol. The van der Waals surface area contributed by atoms with E-state index in [0.29, 0.717) is 33.6 Å². The van der Waals surface area contributed by atoms with E-state index >= 15 is 4.39 Å². The van der Waals surface area contributed by atoms with Gasteiger partial charge in [0, 0.05) is 54.6 Å². The van der Waals surface area contributed by atoms with Crippen molar-refractivity contribution in [1.29, 1.82) is 0 Å². The van der Waals surface area contributed by atoms with E-state index in [9.17, 15) is 14.0 Å². The molecule has 0 saturated heterocycles. The molecule has 9 nitrogen and oxygen atoms in total. The Kier molecular flexibility index (Phi) is 7.58. The lowest BCUT2D eigenvalue weighted by atomic mass is 10.0. The minimum absolute atomic E-state index is 0.112. The second-order valence-electron chi connectivity index (χ2n) is 9.48. The van der Waals surface area contributed by atoms with Gasteiger partial charge in [-0.2, -0.15) is 0 Å². The van der Waals surface area contributed by atoms with Gasteiger partial charge in [0.1, 0.15) is 16.9 Å². The Bertz CT molecular complexity index is 1910. The highest BCUT2D eigenvalue weighted by Crippen LogP contribution is 2.36. The number of hydrogen-bond donors (Lipinski definition) is 1. The monoisotopic (exact) mass is 572 g/mol. The average molecular weight is 573 g/mol. The van der Waals surface area contributed by atoms with Crippen molar-refractivity contribution >= 4 is 22.6 Å². The number of fused-ring (bicyclic) bond motifs is 1. The first-order valence-electron chi connectivity index (χ1n) is 12.7. The van der Waals surface area contributed by atoms with Crippen LogP contribution in [0.4, 0.5) is 14.5 Å². The van der Waals surface area contributed by atoms with Crippen molar-refractivity contribution in [2.24, 2.45) is 7.05 Å². The molecule has 0 fully saturated rings. The maximum atomic E-state index is 15.3. The second kappa shape index (κ2) is 11.3. The molecule has 11 heteroatoms. The average Bonchev–Trinajstić information content (AvgIpc) is 2.97. The van der Waals surface area contributed by atoms with Gasteiger partial charge in [-0.15, -0.1) is 0 Å². The van der Waals surface area contributed by atoms with E-state index in [4.69, 9.17) is 14.2 Å². The summed E-state index contributed by atoms with van der Waals surface area (Å²) in [5, 5.41) is 2.63. The summed E-state index contributed by atoms with van der Waals surface area (Å²) < 4.78 is 46.8. The number of carbonyl (C=O) groups is 1. The van der Waals surface area contributed by atoms with Crippen molar-refractivity contribution < 1.29 is 27.8 Å². The van der Waals surface area contributed by atoms with Crippen LogP contribution in [0.3, 0.4) is 0 Å². The fourth-order valence-electron chi connectivity index (χ4n) is 4.51. The summed E-state index contributed by atoms with van der Waals surface area (Å²) in [5.74, 6) is -1.22. The minimum Gasteiger partial charge on any atom is -0.491 e. The molecular formula is C31H26F2N4O5. The molecule has 0 aliphatic rings. The van der Waals surface area contributed by atoms with Gasteiger partial charge in [0.25, 0.3) is 11.8 Å². The van der Waals surface area contributed by atoms with Crippen LogP contribution in [-0.4, -0.2) is 34.7 Å². The fourth-order valence-corrected chi connectivity index (χ4v) is 4.51. The van der Waals surface area contributed by atoms with Crippen molar-refractivity contribution in [1.82, 2.24) is 14.5 Å². The topological polar surface area (TPSA) is 105 Å². The second-order valence-corrected chi connectivity index (χ2v) is 9.48. The van der Waals surface area contributed by atoms with Crippen LogP contribution in [0.2, 0.25) is 0 Å². The smallest absolute Gasteiger partial charge is 0.261 e. The molecule has 3 heterocycles. The Hall–Kier alpha value is -5.32. The Morgan fingerprint density at radius 1 is 0.952 bits per heavy atom. The van der Waals surface area contributed by atoms with Crippen LogP contribution in [0.5, 0.6) is 23.1 Å². The lowest BCUT2D eigenvalue weighted by Crippen LogP contribution is -2.26. The van der Waals surface area contributed by atoms with Gasteiger partial charge in [-0.3, -0.25) is 14.6 Å². The number of benzene rings is 2. The number of amides is 1. The van der Waals surface area contributed by atoms with Crippen LogP contribution in [0.25, 0.3) is 22.2 Å². The van der Waals surface area contributed by atoms with Crippen LogP contribution < -0.4 is 25.0 Å². The predicted octanol–water partition coefficient (Wildman–Crippen LogP) is 5.95. The zero-order chi connectivity index (χ0) is 30.1. The largest absolute Gasteiger partial charge is 0.491 e. The third-order valence-corrected chi connectivity index (χ3v) is 6.83. The van der Waals surface area contributed by atoms with Gasteiger partial charge < -0.3 is 24.1 Å². The highest BCUT2D eigenvalue weighted by molar-refractivity contribution is 6.05. The first-order chi connectivity index (χ1) is 20.1. The van der Waals surface area contributed by atoms with Gasteiger partial charge in [0.05, 0.1) is 19.7 Å². The number of halogens is 2. The van der Waals surface area contributed by atoms with Crippen LogP contribution in [-0.2, 0) is 7.05 Å². The SMILES string of the molecule is COc1cc2nccc(Oc3cc(C)c(NC(=O)c4cn(C)c(C)c(-c5ccc(F)cc5)c4=O)cc3F)c2nc1OC. The highest BCUT2D eigenvalue weighted by atomic mass is 19.1. The molecule has 214 valence electrons. The van der Waals surface area contributed by atoms with E-state index in [1.165, 1.54) is 63.0 Å². The third kappa shape index (κ3) is 5.24. The van der Waals surface area contributed by atoms with E-state index in [2.05, 4.69) is 15.3 Å². The molecule has 0 bridgehead atoms. The first kappa shape index (κ1) is 28.2. The fraction of sp³-hybridized carbons (Fsp3) is 0.161. The first-order valence-corrected chi connectivity index (χ1v) is 12.7. The van der Waals surface area contributed by atoms with Crippen LogP contribution in [0.15, 0.2) is 65.7 Å². The van der Waals surface area contributed by atoms with E-state index < -0.39 is 23.0 Å². The number of ether oxygens (including phenoxy) is 3. The highest BCUT2D eigenvalue weighted by Gasteiger charge is 2.21. The van der Waals surface area contributed by atoms with Crippen molar-refractivity contribution in [2.45, 2.75) is 13.8 Å². The quantitative estimate of drug-likeness (QED) is 0.257. The van der Waals surface area contributed by atoms with Crippen LogP contribution in [0.1, 0.15) is 21.6 Å². The molecule has 1 amide bonds. The number of nitrogens with one attached hydrogen (secondary N) is 1. The number of nitrogens with zero attached hydrogens (tertiary/aromatic N) is 3. The zero-order valence-corrected chi connectivity index (χ0v) is 23.4. The van der Waals surface area contributed by atoms with Gasteiger partial charge in [-0.1, -0.05) is 12.1 Å². The molecule has 0 atom stereocenters. The number of hydrogen-bond acceptors (Lipinski definition) is 7. The lowest BCUT2D eigenvalue weighted by molar-refractivity contribution is 0.102. The summed E-state index contributed by atoms with van der Waals surface area (Å²) in [6.45, 7) is 3.39. The molecule has 0 aliphatic heterocycles. The Balaban J connectivity index is 1.46. The van der Waals surface area contributed by atoms with Crippen molar-refractivity contribution in [3.05, 3.63) is 99.6 Å². The molecule has 0 unspecified atom stereocenters. The number of pyridine rings is 3. The standard InChI is InChI=1S/C31H26F2N4O5/c1-16-12-25(42-24-10-11-34-23-14-26(40-4)31(41-5)36-28(23)24)21(33)13-22(16)35-30(39)20-15-37(3)17(2)27(29(20)38)18-6-8-19(32)9-7-18/h6-15H,1-5H3,(H,35,39). The Morgan fingerprint density at radius 2 is 1.69 bits per heavy atom. The van der Waals surface area contributed by atoms with Gasteiger partial charge in [0.2, 0.25) is 5.43 Å². The number of aromatic nitrogens is 3. The molecule has 2 aromatic carbocycles. The number of carbonyl (C=O) groups excluding carboxylic acids is 1. The van der Waals surface area contributed by atoms with Gasteiger partial charge >= 0.3 is 0 Å². The lowest BCUT2D eigenvalue weighted by Gasteiger charge is -2.16. The minimum atomic E-state index is -0.759. The van der Waals surface area contributed by atoms with Gasteiger partial charge in [0.15, 0.2) is 23.1 Å². The maximum absolute atomic E-state index is 15.3. The molecule has 1 N–H and O–H groups in total. The van der Waals surface area contributed by atoms with E-state index in [-0.39, 0.29) is 34.2 Å². The predicted molar refractivity (Wildman–Crippen MR) is 154 cm³/mol. The number of methoxy groups -OCH3 is 2. The van der Waals surface area contributed by atoms with Crippen molar-refractivity contribution in [3.8, 4) is 34.3 Å². The van der Waals surface area contributed by atoms with Crippen molar-refractivity contribution in [2.75, 3.05) is 19.5 Å². The normalized spacial score (nSPS) is 10.9. The van der Waals surface area contributed by atoms with E-state index in [0.717, 1.165) is 6.07 Å². The molecule has 3 aromatic heterocycles. The Morgan fingerprint density at radius 3 is 2.38 bits per heavy atom. The molecule has 42 heavy (non-hydrogen) atoms. The molecule has 0 radical (unpaired) electrons. The molecule has 0 spiro atoms. The molecule has 5 aromatic rings. The van der Waals surface area contributed by atoms with Crippen molar-refractivity contribution in [3.63, 3.8) is 0 Å². The summed E-state index contributed by atoms with van der Waals surface area (Å²) in [6.07, 6.45) is 2.90. The summed E-state index contributed by atoms with van der Waals surface area (Å²) in [5.41, 5.74) is 2.07. The van der Waals surface area contributed by atoms with Crippen LogP contribution >= 0.6 is 0 Å². The van der Waals surface area contributed by atoms with Gasteiger partial charge in [-0.25, -0.2) is 13.8 Å². The number of aryl methyl sites for hydroxylation is 2. The van der Waals surface area contributed by atoms with E-state index in [1.54, 1.807) is 31.5 Å².